The summed E-state index contributed by atoms with van der Waals surface area (Å²) >= 11 is 3.47. The number of hydrogen-bond acceptors (Lipinski definition) is 4. The minimum Gasteiger partial charge on any atom is -0.444 e. The summed E-state index contributed by atoms with van der Waals surface area (Å²) in [5.74, 6) is 0. The number of nitrogens with zero attached hydrogens (tertiary/aromatic N) is 2. The van der Waals surface area contributed by atoms with Crippen molar-refractivity contribution >= 4 is 22.0 Å². The van der Waals surface area contributed by atoms with Gasteiger partial charge in [0.2, 0.25) is 0 Å². The van der Waals surface area contributed by atoms with E-state index in [1.807, 2.05) is 26.8 Å². The zero-order valence-corrected chi connectivity index (χ0v) is 15.6. The lowest BCUT2D eigenvalue weighted by Gasteiger charge is -2.35. The highest BCUT2D eigenvalue weighted by Crippen LogP contribution is 2.36. The predicted octanol–water partition coefficient (Wildman–Crippen LogP) is 3.84. The highest BCUT2D eigenvalue weighted by molar-refractivity contribution is 9.10. The average molecular weight is 385 g/mol. The van der Waals surface area contributed by atoms with Gasteiger partial charge in [0.1, 0.15) is 5.60 Å². The monoisotopic (exact) mass is 384 g/mol. The third-order valence-corrected chi connectivity index (χ3v) is 4.62. The van der Waals surface area contributed by atoms with E-state index >= 15 is 0 Å². The number of aliphatic hydroxyl groups is 1. The lowest BCUT2D eigenvalue weighted by atomic mass is 9.85. The molecule has 0 bridgehead atoms. The third-order valence-electron chi connectivity index (χ3n) is 3.99. The number of amides is 1. The fraction of sp³-hybridized carbons (Fsp3) is 0.647. The molecule has 23 heavy (non-hydrogen) atoms. The van der Waals surface area contributed by atoms with Gasteiger partial charge in [0.15, 0.2) is 0 Å². The number of aromatic nitrogens is 1. The Morgan fingerprint density at radius 3 is 2.74 bits per heavy atom. The number of pyridine rings is 1. The van der Waals surface area contributed by atoms with E-state index in [-0.39, 0.29) is 6.09 Å². The van der Waals surface area contributed by atoms with Crippen LogP contribution in [0.4, 0.5) is 4.79 Å². The van der Waals surface area contributed by atoms with Gasteiger partial charge in [-0.2, -0.15) is 0 Å². The summed E-state index contributed by atoms with van der Waals surface area (Å²) in [6.07, 6.45) is 5.93. The molecule has 1 N–H and O–H groups in total. The fourth-order valence-corrected chi connectivity index (χ4v) is 3.43. The van der Waals surface area contributed by atoms with Crippen LogP contribution >= 0.6 is 15.9 Å². The molecule has 5 nitrogen and oxygen atoms in total. The Hall–Kier alpha value is -1.14. The molecule has 1 atom stereocenters. The van der Waals surface area contributed by atoms with Crippen molar-refractivity contribution < 1.29 is 14.6 Å². The van der Waals surface area contributed by atoms with E-state index in [4.69, 9.17) is 4.74 Å². The maximum atomic E-state index is 12.3. The molecule has 0 radical (unpaired) electrons. The van der Waals surface area contributed by atoms with E-state index < -0.39 is 11.2 Å². The predicted molar refractivity (Wildman–Crippen MR) is 92.1 cm³/mol. The molecule has 0 aliphatic carbocycles. The van der Waals surface area contributed by atoms with Gasteiger partial charge in [-0.25, -0.2) is 4.79 Å². The average Bonchev–Trinajstić information content (AvgIpc) is 2.42. The van der Waals surface area contributed by atoms with Gasteiger partial charge in [-0.1, -0.05) is 0 Å². The van der Waals surface area contributed by atoms with Gasteiger partial charge in [-0.3, -0.25) is 4.98 Å². The molecule has 0 saturated carbocycles. The largest absolute Gasteiger partial charge is 0.444 e. The number of hydrogen-bond donors (Lipinski definition) is 1. The highest BCUT2D eigenvalue weighted by Gasteiger charge is 2.34. The first-order valence-electron chi connectivity index (χ1n) is 8.02. The third kappa shape index (κ3) is 4.91. The summed E-state index contributed by atoms with van der Waals surface area (Å²) in [6, 6.07) is 1.84. The van der Waals surface area contributed by atoms with Gasteiger partial charge in [-0.15, -0.1) is 0 Å². The van der Waals surface area contributed by atoms with E-state index in [9.17, 15) is 9.90 Å². The van der Waals surface area contributed by atoms with Crippen LogP contribution in [-0.4, -0.2) is 39.8 Å². The molecule has 0 spiro atoms. The summed E-state index contributed by atoms with van der Waals surface area (Å²) < 4.78 is 6.26. The zero-order valence-electron chi connectivity index (χ0n) is 14.0. The minimum absolute atomic E-state index is 0.310. The van der Waals surface area contributed by atoms with Crippen LogP contribution in [0.2, 0.25) is 0 Å². The van der Waals surface area contributed by atoms with Crippen LogP contribution in [0.3, 0.4) is 0 Å². The number of carbonyl (C=O) groups excluding carboxylic acids is 1. The Morgan fingerprint density at radius 2 is 2.09 bits per heavy atom. The second-order valence-electron chi connectivity index (χ2n) is 7.06. The molecule has 6 heteroatoms. The quantitative estimate of drug-likeness (QED) is 0.798. The number of carbonyl (C=O) groups is 1. The number of ether oxygens (including phenoxy) is 1. The lowest BCUT2D eigenvalue weighted by Crippen LogP contribution is -2.42. The normalized spacial score (nSPS) is 23.1. The summed E-state index contributed by atoms with van der Waals surface area (Å²) in [7, 11) is 0. The number of halogens is 1. The standard InChI is InChI=1S/C17H25BrN2O3/c1-16(2,3)23-15(21)20-10-5-4-7-17(22,8-11-20)13-6-9-19-12-14(13)18/h6,9,12,22H,4-5,7-8,10-11H2,1-3H3. The molecule has 2 rings (SSSR count). The SMILES string of the molecule is CC(C)(C)OC(=O)N1CCCCC(O)(c2ccncc2Br)CC1. The topological polar surface area (TPSA) is 62.7 Å². The van der Waals surface area contributed by atoms with Crippen LogP contribution in [-0.2, 0) is 10.3 Å². The van der Waals surface area contributed by atoms with Crippen LogP contribution in [0.15, 0.2) is 22.9 Å². The first-order chi connectivity index (χ1) is 10.7. The fourth-order valence-electron chi connectivity index (χ4n) is 2.81. The van der Waals surface area contributed by atoms with E-state index in [2.05, 4.69) is 20.9 Å². The van der Waals surface area contributed by atoms with Gasteiger partial charge in [0.25, 0.3) is 0 Å². The van der Waals surface area contributed by atoms with Crippen molar-refractivity contribution in [1.29, 1.82) is 0 Å². The number of rotatable bonds is 1. The molecule has 1 amide bonds. The van der Waals surface area contributed by atoms with Crippen molar-refractivity contribution in [3.8, 4) is 0 Å². The number of likely N-dealkylation sites (tertiary alicyclic amines) is 1. The molecule has 2 heterocycles. The summed E-state index contributed by atoms with van der Waals surface area (Å²) in [4.78, 5) is 18.0. The smallest absolute Gasteiger partial charge is 0.410 e. The van der Waals surface area contributed by atoms with E-state index in [1.54, 1.807) is 17.3 Å². The van der Waals surface area contributed by atoms with Gasteiger partial charge in [-0.05, 0) is 68.5 Å². The van der Waals surface area contributed by atoms with Crippen LogP contribution in [0.5, 0.6) is 0 Å². The summed E-state index contributed by atoms with van der Waals surface area (Å²) in [5, 5.41) is 11.1. The zero-order chi connectivity index (χ0) is 17.1. The molecule has 128 valence electrons. The Bertz CT molecular complexity index is 559. The second-order valence-corrected chi connectivity index (χ2v) is 7.92. The first kappa shape index (κ1) is 18.2. The minimum atomic E-state index is -0.956. The molecule has 1 aliphatic rings. The highest BCUT2D eigenvalue weighted by atomic mass is 79.9. The lowest BCUT2D eigenvalue weighted by molar-refractivity contribution is -0.0130. The van der Waals surface area contributed by atoms with Crippen molar-refractivity contribution in [1.82, 2.24) is 9.88 Å². The molecule has 1 saturated heterocycles. The van der Waals surface area contributed by atoms with Gasteiger partial charge >= 0.3 is 6.09 Å². The Labute approximate surface area is 146 Å². The molecule has 1 fully saturated rings. The molecule has 0 aromatic carbocycles. The van der Waals surface area contributed by atoms with Gasteiger partial charge < -0.3 is 14.7 Å². The van der Waals surface area contributed by atoms with Crippen LogP contribution in [0.1, 0.15) is 52.0 Å². The van der Waals surface area contributed by atoms with Gasteiger partial charge in [0, 0.05) is 35.5 Å². The molecule has 1 aromatic rings. The van der Waals surface area contributed by atoms with Crippen molar-refractivity contribution in [2.45, 2.75) is 57.7 Å². The Balaban J connectivity index is 2.12. The van der Waals surface area contributed by atoms with Crippen molar-refractivity contribution in [3.05, 3.63) is 28.5 Å². The van der Waals surface area contributed by atoms with Gasteiger partial charge in [0.05, 0.1) is 5.60 Å². The maximum Gasteiger partial charge on any atom is 0.410 e. The first-order valence-corrected chi connectivity index (χ1v) is 8.81. The van der Waals surface area contributed by atoms with E-state index in [1.165, 1.54) is 0 Å². The second kappa shape index (κ2) is 7.18. The van der Waals surface area contributed by atoms with Crippen LogP contribution in [0, 0.1) is 0 Å². The maximum absolute atomic E-state index is 12.3. The van der Waals surface area contributed by atoms with Crippen LogP contribution in [0.25, 0.3) is 0 Å². The summed E-state index contributed by atoms with van der Waals surface area (Å²) in [6.45, 7) is 6.72. The molecule has 1 unspecified atom stereocenters. The summed E-state index contributed by atoms with van der Waals surface area (Å²) in [5.41, 5.74) is -0.634. The molecular weight excluding hydrogens is 360 g/mol. The van der Waals surface area contributed by atoms with Crippen molar-refractivity contribution in [2.75, 3.05) is 13.1 Å². The molecular formula is C17H25BrN2O3. The van der Waals surface area contributed by atoms with Crippen molar-refractivity contribution in [3.63, 3.8) is 0 Å². The molecule has 1 aliphatic heterocycles. The van der Waals surface area contributed by atoms with Crippen LogP contribution < -0.4 is 0 Å². The van der Waals surface area contributed by atoms with Crippen molar-refractivity contribution in [2.24, 2.45) is 0 Å². The van der Waals surface area contributed by atoms with E-state index in [0.29, 0.717) is 25.9 Å². The molecule has 1 aromatic heterocycles. The Kier molecular flexibility index (Phi) is 5.68. The van der Waals surface area contributed by atoms with E-state index in [0.717, 1.165) is 22.9 Å². The Morgan fingerprint density at radius 1 is 1.35 bits per heavy atom.